The Bertz CT molecular complexity index is 1090. The number of aromatic amines is 1. The van der Waals surface area contributed by atoms with Crippen LogP contribution < -0.4 is 19.5 Å². The van der Waals surface area contributed by atoms with Gasteiger partial charge in [-0.15, -0.1) is 4.98 Å². The first kappa shape index (κ1) is 18.4. The summed E-state index contributed by atoms with van der Waals surface area (Å²) >= 11 is 0. The lowest BCUT2D eigenvalue weighted by Gasteiger charge is -2.08. The molecule has 2 amide bonds. The highest BCUT2D eigenvalue weighted by Crippen LogP contribution is 2.24. The second-order valence-electron chi connectivity index (χ2n) is 5.32. The van der Waals surface area contributed by atoms with Crippen LogP contribution in [0.25, 0.3) is 10.9 Å². The summed E-state index contributed by atoms with van der Waals surface area (Å²) in [6, 6.07) is 5.83. The van der Waals surface area contributed by atoms with Crippen LogP contribution in [0, 0.1) is 6.92 Å². The molecule has 0 bridgehead atoms. The molecule has 12 heteroatoms. The molecule has 3 rings (SSSR count). The Balaban J connectivity index is 1.83. The van der Waals surface area contributed by atoms with Crippen LogP contribution in [0.15, 0.2) is 29.3 Å². The number of urea groups is 1. The molecule has 0 spiro atoms. The minimum atomic E-state index is -4.15. The van der Waals surface area contributed by atoms with Crippen LogP contribution in [0.2, 0.25) is 0 Å². The third kappa shape index (κ3) is 3.74. The fraction of sp³-hybridized carbons (Fsp3) is 0.200. The van der Waals surface area contributed by atoms with E-state index < -0.39 is 16.1 Å². The van der Waals surface area contributed by atoms with E-state index in [0.717, 1.165) is 5.39 Å². The highest BCUT2D eigenvalue weighted by Gasteiger charge is 2.24. The monoisotopic (exact) mass is 392 g/mol. The fourth-order valence-corrected chi connectivity index (χ4v) is 3.56. The number of sulfonamides is 1. The van der Waals surface area contributed by atoms with E-state index in [4.69, 9.17) is 9.47 Å². The van der Waals surface area contributed by atoms with Crippen LogP contribution >= 0.6 is 0 Å². The third-order valence-electron chi connectivity index (χ3n) is 3.60. The predicted molar refractivity (Wildman–Crippen MR) is 95.3 cm³/mol. The van der Waals surface area contributed by atoms with Crippen molar-refractivity contribution in [3.05, 3.63) is 29.8 Å². The number of ether oxygens (including phenoxy) is 2. The molecule has 142 valence electrons. The van der Waals surface area contributed by atoms with Gasteiger partial charge in [0, 0.05) is 10.9 Å². The molecule has 0 saturated heterocycles. The molecular formula is C15H16N6O5S. The number of hydrogen-bond acceptors (Lipinski definition) is 8. The number of para-hydroxylation sites is 1. The van der Waals surface area contributed by atoms with Crippen molar-refractivity contribution in [2.45, 2.75) is 11.9 Å². The maximum atomic E-state index is 12.6. The molecule has 27 heavy (non-hydrogen) atoms. The van der Waals surface area contributed by atoms with E-state index in [1.165, 1.54) is 14.2 Å². The lowest BCUT2D eigenvalue weighted by molar-refractivity contribution is 0.256. The number of nitrogens with one attached hydrogen (secondary N) is 3. The number of fused-ring (bicyclic) bond motifs is 1. The molecule has 0 aliphatic carbocycles. The molecule has 3 N–H and O–H groups in total. The zero-order chi connectivity index (χ0) is 19.6. The number of rotatable bonds is 5. The quantitative estimate of drug-likeness (QED) is 0.586. The zero-order valence-corrected chi connectivity index (χ0v) is 15.4. The highest BCUT2D eigenvalue weighted by molar-refractivity contribution is 7.90. The Morgan fingerprint density at radius 1 is 1.07 bits per heavy atom. The second-order valence-corrected chi connectivity index (χ2v) is 6.94. The number of nitrogens with zero attached hydrogens (tertiary/aromatic N) is 3. The van der Waals surface area contributed by atoms with Gasteiger partial charge in [0.1, 0.15) is 0 Å². The molecular weight excluding hydrogens is 376 g/mol. The van der Waals surface area contributed by atoms with E-state index in [9.17, 15) is 13.2 Å². The van der Waals surface area contributed by atoms with E-state index in [1.807, 2.05) is 4.72 Å². The van der Waals surface area contributed by atoms with Gasteiger partial charge in [0.15, 0.2) is 5.03 Å². The van der Waals surface area contributed by atoms with E-state index in [1.54, 1.807) is 31.2 Å². The van der Waals surface area contributed by atoms with Gasteiger partial charge in [-0.2, -0.15) is 18.4 Å². The lowest BCUT2D eigenvalue weighted by atomic mass is 10.2. The number of amides is 2. The van der Waals surface area contributed by atoms with Crippen molar-refractivity contribution in [3.63, 3.8) is 0 Å². The number of carbonyl (C=O) groups is 1. The van der Waals surface area contributed by atoms with E-state index in [2.05, 4.69) is 25.3 Å². The predicted octanol–water partition coefficient (Wildman–Crippen LogP) is 1.19. The van der Waals surface area contributed by atoms with E-state index in [0.29, 0.717) is 11.1 Å². The van der Waals surface area contributed by atoms with E-state index in [-0.39, 0.29) is 23.0 Å². The molecule has 0 atom stereocenters. The number of carbonyl (C=O) groups excluding carboxylic acids is 1. The second kappa shape index (κ2) is 7.07. The van der Waals surface area contributed by atoms with Gasteiger partial charge in [-0.3, -0.25) is 5.32 Å². The number of aromatic nitrogens is 4. The SMILES string of the molecule is COc1nc(NC(=O)NS(=O)(=O)c2[nH]c3ccccc3c2C)nc(OC)n1. The van der Waals surface area contributed by atoms with Crippen LogP contribution in [0.3, 0.4) is 0 Å². The Hall–Kier alpha value is -3.41. The minimum absolute atomic E-state index is 0.105. The van der Waals surface area contributed by atoms with Gasteiger partial charge in [0.2, 0.25) is 5.95 Å². The Morgan fingerprint density at radius 3 is 2.30 bits per heavy atom. The summed E-state index contributed by atoms with van der Waals surface area (Å²) in [4.78, 5) is 26.3. The maximum absolute atomic E-state index is 12.6. The molecule has 1 aromatic carbocycles. The first-order chi connectivity index (χ1) is 12.8. The summed E-state index contributed by atoms with van der Waals surface area (Å²) in [6.45, 7) is 1.65. The first-order valence-electron chi connectivity index (χ1n) is 7.59. The van der Waals surface area contributed by atoms with Gasteiger partial charge in [0.05, 0.1) is 14.2 Å². The van der Waals surface area contributed by atoms with Crippen LogP contribution in [0.5, 0.6) is 12.0 Å². The summed E-state index contributed by atoms with van der Waals surface area (Å²) in [7, 11) is -1.51. The van der Waals surface area contributed by atoms with Crippen molar-refractivity contribution < 1.29 is 22.7 Å². The van der Waals surface area contributed by atoms with Crippen molar-refractivity contribution in [2.75, 3.05) is 19.5 Å². The average Bonchev–Trinajstić information content (AvgIpc) is 2.98. The summed E-state index contributed by atoms with van der Waals surface area (Å²) < 4.78 is 36.8. The smallest absolute Gasteiger partial charge is 0.335 e. The largest absolute Gasteiger partial charge is 0.467 e. The van der Waals surface area contributed by atoms with E-state index >= 15 is 0 Å². The van der Waals surface area contributed by atoms with Crippen LogP contribution in [-0.2, 0) is 10.0 Å². The number of aryl methyl sites for hydroxylation is 1. The minimum Gasteiger partial charge on any atom is -0.467 e. The van der Waals surface area contributed by atoms with Crippen LogP contribution in [-0.4, -0.2) is 48.6 Å². The number of methoxy groups -OCH3 is 2. The van der Waals surface area contributed by atoms with Crippen LogP contribution in [0.1, 0.15) is 5.56 Å². The Morgan fingerprint density at radius 2 is 1.70 bits per heavy atom. The molecule has 2 heterocycles. The average molecular weight is 392 g/mol. The molecule has 2 aromatic heterocycles. The Kier molecular flexibility index (Phi) is 4.81. The zero-order valence-electron chi connectivity index (χ0n) is 14.6. The highest BCUT2D eigenvalue weighted by atomic mass is 32.2. The normalized spacial score (nSPS) is 11.2. The standard InChI is InChI=1S/C15H16N6O5S/c1-8-9-6-4-5-7-10(9)16-11(8)27(23,24)21-13(22)17-12-18-14(25-2)20-15(19-12)26-3/h4-7,16H,1-3H3,(H2,17,18,19,20,21,22). The summed E-state index contributed by atoms with van der Waals surface area (Å²) in [6.07, 6.45) is 0. The molecule has 0 radical (unpaired) electrons. The molecule has 0 saturated carbocycles. The molecule has 3 aromatic rings. The Labute approximate surface area is 154 Å². The van der Waals surface area contributed by atoms with Crippen molar-refractivity contribution in [1.29, 1.82) is 0 Å². The summed E-state index contributed by atoms with van der Waals surface area (Å²) in [5, 5.41) is 2.84. The van der Waals surface area contributed by atoms with Crippen molar-refractivity contribution >= 4 is 32.9 Å². The molecule has 0 aliphatic rings. The van der Waals surface area contributed by atoms with Gasteiger partial charge in [-0.25, -0.2) is 9.52 Å². The lowest BCUT2D eigenvalue weighted by Crippen LogP contribution is -2.35. The third-order valence-corrected chi connectivity index (χ3v) is 5.00. The molecule has 0 fully saturated rings. The number of anilines is 1. The van der Waals surface area contributed by atoms with Gasteiger partial charge >= 0.3 is 18.1 Å². The van der Waals surface area contributed by atoms with Gasteiger partial charge in [-0.1, -0.05) is 18.2 Å². The molecule has 11 nitrogen and oxygen atoms in total. The number of H-pyrrole nitrogens is 1. The molecule has 0 unspecified atom stereocenters. The maximum Gasteiger partial charge on any atom is 0.335 e. The topological polar surface area (TPSA) is 148 Å². The first-order valence-corrected chi connectivity index (χ1v) is 9.07. The summed E-state index contributed by atoms with van der Waals surface area (Å²) in [5.41, 5.74) is 1.14. The van der Waals surface area contributed by atoms with Crippen molar-refractivity contribution in [3.8, 4) is 12.0 Å². The molecule has 0 aliphatic heterocycles. The van der Waals surface area contributed by atoms with Crippen molar-refractivity contribution in [2.24, 2.45) is 0 Å². The number of benzene rings is 1. The van der Waals surface area contributed by atoms with Crippen LogP contribution in [0.4, 0.5) is 10.7 Å². The summed E-state index contributed by atoms with van der Waals surface area (Å²) in [5.74, 6) is -0.236. The van der Waals surface area contributed by atoms with Gasteiger partial charge in [-0.05, 0) is 18.6 Å². The number of hydrogen-bond donors (Lipinski definition) is 3. The van der Waals surface area contributed by atoms with Crippen molar-refractivity contribution in [1.82, 2.24) is 24.7 Å². The fourth-order valence-electron chi connectivity index (χ4n) is 2.40. The van der Waals surface area contributed by atoms with Gasteiger partial charge < -0.3 is 14.5 Å². The van der Waals surface area contributed by atoms with Gasteiger partial charge in [0.25, 0.3) is 10.0 Å².